The van der Waals surface area contributed by atoms with Gasteiger partial charge in [0.1, 0.15) is 10.0 Å². The van der Waals surface area contributed by atoms with E-state index >= 15 is 0 Å². The molecule has 1 heterocycles. The van der Waals surface area contributed by atoms with Crippen LogP contribution in [0.25, 0.3) is 0 Å². The second-order valence-corrected chi connectivity index (χ2v) is 7.19. The minimum atomic E-state index is -3.64. The first-order valence-corrected chi connectivity index (χ1v) is 8.26. The summed E-state index contributed by atoms with van der Waals surface area (Å²) in [4.78, 5) is 3.81. The molecule has 1 aromatic rings. The standard InChI is InChI=1S/C11H16BrClN2O2S/c1-4-7(2)8(3)15-18(16,17)10-5-9(12)6-14-11(10)13/h5-8,15H,4H2,1-3H3. The van der Waals surface area contributed by atoms with Crippen molar-refractivity contribution < 1.29 is 8.42 Å². The zero-order valence-electron chi connectivity index (χ0n) is 10.4. The maximum absolute atomic E-state index is 12.2. The quantitative estimate of drug-likeness (QED) is 0.825. The Balaban J connectivity index is 3.03. The lowest BCUT2D eigenvalue weighted by atomic mass is 10.0. The van der Waals surface area contributed by atoms with Crippen LogP contribution in [-0.4, -0.2) is 19.4 Å². The van der Waals surface area contributed by atoms with E-state index in [1.807, 2.05) is 20.8 Å². The SMILES string of the molecule is CCC(C)C(C)NS(=O)(=O)c1cc(Br)cnc1Cl. The first kappa shape index (κ1) is 15.9. The summed E-state index contributed by atoms with van der Waals surface area (Å²) >= 11 is 9.01. The van der Waals surface area contributed by atoms with E-state index in [9.17, 15) is 8.42 Å². The molecule has 0 aliphatic rings. The lowest BCUT2D eigenvalue weighted by Gasteiger charge is -2.20. The van der Waals surface area contributed by atoms with E-state index in [0.717, 1.165) is 6.42 Å². The van der Waals surface area contributed by atoms with Gasteiger partial charge in [-0.2, -0.15) is 0 Å². The van der Waals surface area contributed by atoms with E-state index in [0.29, 0.717) is 4.47 Å². The molecular weight excluding hydrogens is 340 g/mol. The van der Waals surface area contributed by atoms with E-state index in [1.54, 1.807) is 0 Å². The minimum absolute atomic E-state index is 0.00584. The number of aromatic nitrogens is 1. The molecule has 2 atom stereocenters. The van der Waals surface area contributed by atoms with Crippen LogP contribution in [0.4, 0.5) is 0 Å². The van der Waals surface area contributed by atoms with E-state index in [4.69, 9.17) is 11.6 Å². The molecule has 0 aromatic carbocycles. The topological polar surface area (TPSA) is 59.1 Å². The zero-order valence-corrected chi connectivity index (χ0v) is 13.6. The van der Waals surface area contributed by atoms with Gasteiger partial charge in [-0.25, -0.2) is 18.1 Å². The Morgan fingerprint density at radius 1 is 1.50 bits per heavy atom. The molecule has 0 saturated heterocycles. The summed E-state index contributed by atoms with van der Waals surface area (Å²) in [5.74, 6) is 0.249. The second-order valence-electron chi connectivity index (χ2n) is 4.24. The lowest BCUT2D eigenvalue weighted by Crippen LogP contribution is -2.37. The molecule has 0 radical (unpaired) electrons. The Labute approximate surface area is 121 Å². The lowest BCUT2D eigenvalue weighted by molar-refractivity contribution is 0.434. The number of nitrogens with zero attached hydrogens (tertiary/aromatic N) is 1. The Morgan fingerprint density at radius 3 is 2.67 bits per heavy atom. The van der Waals surface area contributed by atoms with Crippen molar-refractivity contribution in [2.75, 3.05) is 0 Å². The molecule has 1 N–H and O–H groups in total. The van der Waals surface area contributed by atoms with Gasteiger partial charge in [-0.3, -0.25) is 0 Å². The average Bonchev–Trinajstić information content (AvgIpc) is 2.30. The van der Waals surface area contributed by atoms with Crippen LogP contribution in [-0.2, 0) is 10.0 Å². The van der Waals surface area contributed by atoms with Crippen molar-refractivity contribution in [2.24, 2.45) is 5.92 Å². The van der Waals surface area contributed by atoms with Crippen molar-refractivity contribution in [3.05, 3.63) is 21.9 Å². The van der Waals surface area contributed by atoms with Crippen molar-refractivity contribution >= 4 is 37.6 Å². The summed E-state index contributed by atoms with van der Waals surface area (Å²) in [6.45, 7) is 5.85. The number of hydrogen-bond acceptors (Lipinski definition) is 3. The van der Waals surface area contributed by atoms with Crippen LogP contribution >= 0.6 is 27.5 Å². The molecule has 0 aliphatic carbocycles. The molecule has 0 bridgehead atoms. The first-order valence-electron chi connectivity index (χ1n) is 5.61. The van der Waals surface area contributed by atoms with Gasteiger partial charge in [0.25, 0.3) is 0 Å². The van der Waals surface area contributed by atoms with Crippen LogP contribution in [0, 0.1) is 5.92 Å². The maximum Gasteiger partial charge on any atom is 0.243 e. The summed E-state index contributed by atoms with van der Waals surface area (Å²) in [5.41, 5.74) is 0. The monoisotopic (exact) mass is 354 g/mol. The van der Waals surface area contributed by atoms with Crippen LogP contribution in [0.5, 0.6) is 0 Å². The fraction of sp³-hybridized carbons (Fsp3) is 0.545. The van der Waals surface area contributed by atoms with Crippen LogP contribution < -0.4 is 4.72 Å². The highest BCUT2D eigenvalue weighted by Crippen LogP contribution is 2.23. The molecule has 1 rings (SSSR count). The van der Waals surface area contributed by atoms with Crippen molar-refractivity contribution in [1.82, 2.24) is 9.71 Å². The van der Waals surface area contributed by atoms with Gasteiger partial charge in [-0.15, -0.1) is 0 Å². The summed E-state index contributed by atoms with van der Waals surface area (Å²) < 4.78 is 27.6. The number of halogens is 2. The first-order chi connectivity index (χ1) is 8.27. The van der Waals surface area contributed by atoms with Crippen LogP contribution in [0.15, 0.2) is 21.6 Å². The number of pyridine rings is 1. The van der Waals surface area contributed by atoms with Crippen molar-refractivity contribution in [3.8, 4) is 0 Å². The van der Waals surface area contributed by atoms with Crippen molar-refractivity contribution in [2.45, 2.75) is 38.1 Å². The average molecular weight is 356 g/mol. The van der Waals surface area contributed by atoms with Gasteiger partial charge in [0.05, 0.1) is 0 Å². The third-order valence-electron chi connectivity index (χ3n) is 2.90. The Kier molecular flexibility index (Phi) is 5.58. The van der Waals surface area contributed by atoms with Gasteiger partial charge in [-0.05, 0) is 34.8 Å². The van der Waals surface area contributed by atoms with Gasteiger partial charge in [-0.1, -0.05) is 31.9 Å². The number of rotatable bonds is 5. The molecule has 0 amide bonds. The summed E-state index contributed by atoms with van der Waals surface area (Å²) in [5, 5.41) is -0.0259. The van der Waals surface area contributed by atoms with Gasteiger partial charge in [0.2, 0.25) is 10.0 Å². The summed E-state index contributed by atoms with van der Waals surface area (Å²) in [6.07, 6.45) is 2.35. The number of sulfonamides is 1. The fourth-order valence-electron chi connectivity index (χ4n) is 1.37. The summed E-state index contributed by atoms with van der Waals surface area (Å²) in [7, 11) is -3.64. The van der Waals surface area contributed by atoms with E-state index in [2.05, 4.69) is 25.6 Å². The number of hydrogen-bond donors (Lipinski definition) is 1. The van der Waals surface area contributed by atoms with Crippen molar-refractivity contribution in [3.63, 3.8) is 0 Å². The van der Waals surface area contributed by atoms with Crippen LogP contribution in [0.1, 0.15) is 27.2 Å². The Bertz CT molecular complexity index is 522. The molecule has 0 aliphatic heterocycles. The van der Waals surface area contributed by atoms with E-state index in [1.165, 1.54) is 12.3 Å². The van der Waals surface area contributed by atoms with Gasteiger partial charge in [0.15, 0.2) is 0 Å². The number of nitrogens with one attached hydrogen (secondary N) is 1. The molecule has 18 heavy (non-hydrogen) atoms. The third kappa shape index (κ3) is 3.91. The van der Waals surface area contributed by atoms with Crippen molar-refractivity contribution in [1.29, 1.82) is 0 Å². The highest BCUT2D eigenvalue weighted by Gasteiger charge is 2.23. The van der Waals surface area contributed by atoms with Crippen LogP contribution in [0.3, 0.4) is 0 Å². The normalized spacial score (nSPS) is 15.4. The minimum Gasteiger partial charge on any atom is -0.242 e. The zero-order chi connectivity index (χ0) is 13.9. The molecule has 0 fully saturated rings. The Hall–Kier alpha value is -0.170. The fourth-order valence-corrected chi connectivity index (χ4v) is 3.67. The predicted octanol–water partition coefficient (Wildman–Crippen LogP) is 3.21. The molecule has 4 nitrogen and oxygen atoms in total. The van der Waals surface area contributed by atoms with Crippen LogP contribution in [0.2, 0.25) is 5.15 Å². The Morgan fingerprint density at radius 2 is 2.11 bits per heavy atom. The molecular formula is C11H16BrClN2O2S. The van der Waals surface area contributed by atoms with Gasteiger partial charge >= 0.3 is 0 Å². The molecule has 7 heteroatoms. The molecule has 1 aromatic heterocycles. The highest BCUT2D eigenvalue weighted by atomic mass is 79.9. The third-order valence-corrected chi connectivity index (χ3v) is 5.32. The largest absolute Gasteiger partial charge is 0.243 e. The smallest absolute Gasteiger partial charge is 0.242 e. The van der Waals surface area contributed by atoms with Gasteiger partial charge in [0, 0.05) is 16.7 Å². The maximum atomic E-state index is 12.2. The highest BCUT2D eigenvalue weighted by molar-refractivity contribution is 9.10. The van der Waals surface area contributed by atoms with E-state index < -0.39 is 10.0 Å². The van der Waals surface area contributed by atoms with Gasteiger partial charge < -0.3 is 0 Å². The second kappa shape index (κ2) is 6.32. The molecule has 0 saturated carbocycles. The molecule has 2 unspecified atom stereocenters. The summed E-state index contributed by atoms with van der Waals surface area (Å²) in [6, 6.07) is 1.29. The predicted molar refractivity (Wildman–Crippen MR) is 76.2 cm³/mol. The molecule has 0 spiro atoms. The van der Waals surface area contributed by atoms with E-state index in [-0.39, 0.29) is 22.0 Å². The molecule has 102 valence electrons.